The van der Waals surface area contributed by atoms with Gasteiger partial charge >= 0.3 is 7.12 Å². The number of carbonyl (C=O) groups is 1. The number of hydrogen-bond acceptors (Lipinski definition) is 3. The van der Waals surface area contributed by atoms with Gasteiger partial charge in [0, 0.05) is 18.6 Å². The van der Waals surface area contributed by atoms with Crippen LogP contribution in [0.3, 0.4) is 0 Å². The molecule has 0 saturated heterocycles. The van der Waals surface area contributed by atoms with Gasteiger partial charge in [0.15, 0.2) is 11.5 Å². The third kappa shape index (κ3) is 2.94. The maximum atomic E-state index is 12.3. The van der Waals surface area contributed by atoms with Gasteiger partial charge in [0.1, 0.15) is 0 Å². The molecule has 2 aromatic carbocycles. The van der Waals surface area contributed by atoms with Gasteiger partial charge < -0.3 is 9.68 Å². The summed E-state index contributed by atoms with van der Waals surface area (Å²) in [5.41, 5.74) is 3.77. The number of carbonyl (C=O) groups excluding carboxylic acids is 1. The molecule has 3 rings (SSSR count). The zero-order valence-corrected chi connectivity index (χ0v) is 12.0. The van der Waals surface area contributed by atoms with E-state index in [0.29, 0.717) is 17.9 Å². The molecule has 0 fully saturated rings. The Morgan fingerprint density at radius 1 is 1.27 bits per heavy atom. The van der Waals surface area contributed by atoms with Crippen LogP contribution in [0, 0.1) is 6.57 Å². The second kappa shape index (κ2) is 6.14. The average molecular weight is 291 g/mol. The van der Waals surface area contributed by atoms with Crippen LogP contribution >= 0.6 is 0 Å². The smallest absolute Gasteiger partial charge is 0.423 e. The summed E-state index contributed by atoms with van der Waals surface area (Å²) in [6, 6.07) is 12.3. The van der Waals surface area contributed by atoms with Crippen molar-refractivity contribution in [1.29, 1.82) is 0 Å². The average Bonchev–Trinajstić information content (AvgIpc) is 2.55. The minimum atomic E-state index is -0.906. The minimum Gasteiger partial charge on any atom is -0.423 e. The molecular weight excluding hydrogens is 277 g/mol. The highest BCUT2D eigenvalue weighted by molar-refractivity contribution is 6.60. The van der Waals surface area contributed by atoms with Gasteiger partial charge in [-0.25, -0.2) is 4.85 Å². The molecular formula is C17H14BNO3. The first-order valence-corrected chi connectivity index (χ1v) is 7.09. The number of ketones is 1. The van der Waals surface area contributed by atoms with E-state index < -0.39 is 7.12 Å². The molecule has 0 aliphatic carbocycles. The summed E-state index contributed by atoms with van der Waals surface area (Å²) in [5.74, 6) is -0.0114. The Balaban J connectivity index is 1.79. The molecule has 1 aliphatic heterocycles. The number of nitrogens with zero attached hydrogens (tertiary/aromatic N) is 1. The molecule has 0 radical (unpaired) electrons. The van der Waals surface area contributed by atoms with Gasteiger partial charge in [0.05, 0.1) is 6.57 Å². The van der Waals surface area contributed by atoms with Gasteiger partial charge in [-0.05, 0) is 23.0 Å². The number of fused-ring (bicyclic) bond motifs is 1. The van der Waals surface area contributed by atoms with Crippen molar-refractivity contribution < 1.29 is 14.5 Å². The molecule has 0 unspecified atom stereocenters. The van der Waals surface area contributed by atoms with Gasteiger partial charge in [-0.2, -0.15) is 0 Å². The van der Waals surface area contributed by atoms with Crippen molar-refractivity contribution in [2.75, 3.05) is 6.61 Å². The lowest BCUT2D eigenvalue weighted by atomic mass is 9.73. The molecule has 22 heavy (non-hydrogen) atoms. The highest BCUT2D eigenvalue weighted by Gasteiger charge is 2.25. The molecule has 0 amide bonds. The van der Waals surface area contributed by atoms with Crippen LogP contribution in [0.1, 0.15) is 21.5 Å². The molecule has 1 heterocycles. The highest BCUT2D eigenvalue weighted by Crippen LogP contribution is 2.15. The number of Topliss-reactive ketones (excluding diaryl/α,β-unsaturated/α-hetero) is 1. The summed E-state index contributed by atoms with van der Waals surface area (Å²) >= 11 is 0. The van der Waals surface area contributed by atoms with E-state index >= 15 is 0 Å². The van der Waals surface area contributed by atoms with Crippen molar-refractivity contribution in [2.24, 2.45) is 0 Å². The number of hydrogen-bond donors (Lipinski definition) is 1. The molecule has 4 nitrogen and oxygen atoms in total. The summed E-state index contributed by atoms with van der Waals surface area (Å²) in [6.07, 6.45) is 1.04. The van der Waals surface area contributed by atoms with Crippen molar-refractivity contribution in [3.63, 3.8) is 0 Å². The lowest BCUT2D eigenvalue weighted by Crippen LogP contribution is -2.41. The molecule has 0 bridgehead atoms. The summed E-state index contributed by atoms with van der Waals surface area (Å²) < 4.78 is 5.22. The van der Waals surface area contributed by atoms with Crippen LogP contribution in [-0.4, -0.2) is 24.5 Å². The quantitative estimate of drug-likeness (QED) is 0.534. The molecule has 108 valence electrons. The third-order valence-corrected chi connectivity index (χ3v) is 3.81. The minimum absolute atomic E-state index is 0.0114. The van der Waals surface area contributed by atoms with E-state index in [1.807, 2.05) is 18.2 Å². The highest BCUT2D eigenvalue weighted by atomic mass is 16.5. The third-order valence-electron chi connectivity index (χ3n) is 3.81. The Bertz CT molecular complexity index is 749. The van der Waals surface area contributed by atoms with Crippen molar-refractivity contribution in [1.82, 2.24) is 0 Å². The first-order chi connectivity index (χ1) is 10.7. The summed E-state index contributed by atoms with van der Waals surface area (Å²) in [5, 5.41) is 9.86. The van der Waals surface area contributed by atoms with Crippen LogP contribution in [0.2, 0.25) is 0 Å². The van der Waals surface area contributed by atoms with Crippen molar-refractivity contribution in [3.8, 4) is 0 Å². The standard InChI is InChI=1S/C17H14BNO3/c1-19-15-6-4-14(5-7-15)17(20)11-12-2-3-13-8-9-22-18(21)16(13)10-12/h2-7,10,21H,8-9,11H2. The fourth-order valence-corrected chi connectivity index (χ4v) is 2.59. The van der Waals surface area contributed by atoms with Gasteiger partial charge in [-0.1, -0.05) is 42.5 Å². The Kier molecular flexibility index (Phi) is 4.05. The van der Waals surface area contributed by atoms with E-state index in [0.717, 1.165) is 23.0 Å². The predicted octanol–water partition coefficient (Wildman–Crippen LogP) is 1.92. The molecule has 0 saturated carbocycles. The van der Waals surface area contributed by atoms with E-state index in [1.165, 1.54) is 0 Å². The molecule has 2 aromatic rings. The van der Waals surface area contributed by atoms with E-state index in [2.05, 4.69) is 4.85 Å². The summed E-state index contributed by atoms with van der Waals surface area (Å²) in [6.45, 7) is 7.43. The SMILES string of the molecule is [C-]#[N+]c1ccc(C(=O)Cc2ccc3c(c2)B(O)OCC3)cc1. The van der Waals surface area contributed by atoms with Crippen LogP contribution in [0.5, 0.6) is 0 Å². The van der Waals surface area contributed by atoms with E-state index in [9.17, 15) is 9.82 Å². The van der Waals surface area contributed by atoms with Crippen LogP contribution in [-0.2, 0) is 17.5 Å². The first-order valence-electron chi connectivity index (χ1n) is 7.09. The van der Waals surface area contributed by atoms with Crippen LogP contribution < -0.4 is 5.46 Å². The number of rotatable bonds is 3. The van der Waals surface area contributed by atoms with Gasteiger partial charge in [-0.15, -0.1) is 0 Å². The van der Waals surface area contributed by atoms with Gasteiger partial charge in [0.25, 0.3) is 0 Å². The van der Waals surface area contributed by atoms with Crippen molar-refractivity contribution in [2.45, 2.75) is 12.8 Å². The molecule has 0 aromatic heterocycles. The Morgan fingerprint density at radius 3 is 2.77 bits per heavy atom. The summed E-state index contributed by atoms with van der Waals surface area (Å²) in [4.78, 5) is 15.6. The first kappa shape index (κ1) is 14.5. The Hall–Kier alpha value is -2.42. The Labute approximate surface area is 129 Å². The maximum absolute atomic E-state index is 12.3. The predicted molar refractivity (Wildman–Crippen MR) is 84.4 cm³/mol. The second-order valence-electron chi connectivity index (χ2n) is 5.26. The van der Waals surface area contributed by atoms with E-state index in [4.69, 9.17) is 11.2 Å². The van der Waals surface area contributed by atoms with Crippen molar-refractivity contribution >= 4 is 24.1 Å². The molecule has 5 heteroatoms. The van der Waals surface area contributed by atoms with Crippen LogP contribution in [0.4, 0.5) is 5.69 Å². The topological polar surface area (TPSA) is 50.9 Å². The summed E-state index contributed by atoms with van der Waals surface area (Å²) in [7, 11) is -0.906. The maximum Gasteiger partial charge on any atom is 0.491 e. The monoisotopic (exact) mass is 291 g/mol. The molecule has 1 N–H and O–H groups in total. The van der Waals surface area contributed by atoms with Crippen LogP contribution in [0.15, 0.2) is 42.5 Å². The van der Waals surface area contributed by atoms with E-state index in [1.54, 1.807) is 24.3 Å². The molecule has 0 spiro atoms. The number of benzene rings is 2. The zero-order valence-electron chi connectivity index (χ0n) is 12.0. The fourth-order valence-electron chi connectivity index (χ4n) is 2.59. The zero-order chi connectivity index (χ0) is 15.5. The fraction of sp³-hybridized carbons (Fsp3) is 0.176. The van der Waals surface area contributed by atoms with Crippen molar-refractivity contribution in [3.05, 3.63) is 70.6 Å². The largest absolute Gasteiger partial charge is 0.491 e. The van der Waals surface area contributed by atoms with E-state index in [-0.39, 0.29) is 12.2 Å². The van der Waals surface area contributed by atoms with Crippen LogP contribution in [0.25, 0.3) is 4.85 Å². The lowest BCUT2D eigenvalue weighted by Gasteiger charge is -2.19. The Morgan fingerprint density at radius 2 is 2.05 bits per heavy atom. The second-order valence-corrected chi connectivity index (χ2v) is 5.26. The normalized spacial score (nSPS) is 13.4. The van der Waals surface area contributed by atoms with Gasteiger partial charge in [0.2, 0.25) is 0 Å². The lowest BCUT2D eigenvalue weighted by molar-refractivity contribution is 0.0993. The molecule has 0 atom stereocenters. The van der Waals surface area contributed by atoms with Gasteiger partial charge in [-0.3, -0.25) is 4.79 Å². The molecule has 1 aliphatic rings.